The summed E-state index contributed by atoms with van der Waals surface area (Å²) in [6, 6.07) is 4.14. The predicted molar refractivity (Wildman–Crippen MR) is 76.8 cm³/mol. The number of halogens is 1. The number of methoxy groups -OCH3 is 1. The highest BCUT2D eigenvalue weighted by Crippen LogP contribution is 2.37. The number of hydrogen-bond donors (Lipinski definition) is 1. The number of anilines is 1. The topological polar surface area (TPSA) is 53.1 Å². The Kier molecular flexibility index (Phi) is 3.34. The highest BCUT2D eigenvalue weighted by Gasteiger charge is 2.17. The summed E-state index contributed by atoms with van der Waals surface area (Å²) in [5.41, 5.74) is 9.84. The van der Waals surface area contributed by atoms with Gasteiger partial charge in [-0.2, -0.15) is 0 Å². The van der Waals surface area contributed by atoms with Gasteiger partial charge in [0.05, 0.1) is 7.11 Å². The third kappa shape index (κ3) is 1.99. The Bertz CT molecular complexity index is 605. The lowest BCUT2D eigenvalue weighted by molar-refractivity contribution is 0.413. The van der Waals surface area contributed by atoms with Crippen LogP contribution in [0.2, 0.25) is 0 Å². The number of hydrogen-bond acceptors (Lipinski definition) is 3. The molecule has 1 aromatic carbocycles. The van der Waals surface area contributed by atoms with Crippen LogP contribution in [0.3, 0.4) is 0 Å². The molecule has 0 aliphatic rings. The van der Waals surface area contributed by atoms with Gasteiger partial charge in [0.15, 0.2) is 0 Å². The second kappa shape index (κ2) is 4.65. The molecule has 0 fully saturated rings. The fraction of sp³-hybridized carbons (Fsp3) is 0.308. The van der Waals surface area contributed by atoms with Crippen molar-refractivity contribution in [1.82, 2.24) is 9.55 Å². The van der Waals surface area contributed by atoms with E-state index in [-0.39, 0.29) is 0 Å². The molecule has 2 rings (SSSR count). The monoisotopic (exact) mass is 309 g/mol. The normalized spacial score (nSPS) is 10.7. The van der Waals surface area contributed by atoms with Gasteiger partial charge >= 0.3 is 0 Å². The van der Waals surface area contributed by atoms with E-state index in [1.165, 1.54) is 5.56 Å². The number of benzene rings is 1. The Morgan fingerprint density at radius 3 is 2.50 bits per heavy atom. The molecule has 18 heavy (non-hydrogen) atoms. The Balaban J connectivity index is 2.73. The van der Waals surface area contributed by atoms with Gasteiger partial charge in [-0.3, -0.25) is 0 Å². The molecule has 1 heterocycles. The highest BCUT2D eigenvalue weighted by atomic mass is 79.9. The van der Waals surface area contributed by atoms with Gasteiger partial charge in [-0.05, 0) is 47.0 Å². The van der Waals surface area contributed by atoms with Gasteiger partial charge in [0, 0.05) is 12.6 Å². The standard InChI is InChI=1S/C13H16BrN3O/c1-7-5-8(2)11(18-4)9(6-7)10-12(14)17(3)13(15)16-10/h5-6H,1-4H3,(H2,15,16). The molecule has 5 heteroatoms. The Hall–Kier alpha value is -1.49. The lowest BCUT2D eigenvalue weighted by atomic mass is 10.0. The number of imidazole rings is 1. The van der Waals surface area contributed by atoms with Crippen LogP contribution in [-0.4, -0.2) is 16.7 Å². The van der Waals surface area contributed by atoms with Crippen LogP contribution in [0.25, 0.3) is 11.3 Å². The summed E-state index contributed by atoms with van der Waals surface area (Å²) in [5, 5.41) is 0. The van der Waals surface area contributed by atoms with Gasteiger partial charge in [0.1, 0.15) is 16.0 Å². The molecule has 0 saturated heterocycles. The summed E-state index contributed by atoms with van der Waals surface area (Å²) in [6.07, 6.45) is 0. The number of nitrogens with two attached hydrogens (primary N) is 1. The molecular weight excluding hydrogens is 294 g/mol. The van der Waals surface area contributed by atoms with Crippen LogP contribution in [0, 0.1) is 13.8 Å². The maximum Gasteiger partial charge on any atom is 0.201 e. The first-order valence-electron chi connectivity index (χ1n) is 5.59. The zero-order valence-electron chi connectivity index (χ0n) is 10.9. The zero-order chi connectivity index (χ0) is 13.4. The lowest BCUT2D eigenvalue weighted by Crippen LogP contribution is -1.96. The maximum atomic E-state index is 5.83. The van der Waals surface area contributed by atoms with E-state index >= 15 is 0 Å². The smallest absolute Gasteiger partial charge is 0.201 e. The van der Waals surface area contributed by atoms with Crippen LogP contribution in [0.1, 0.15) is 11.1 Å². The minimum absolute atomic E-state index is 0.470. The van der Waals surface area contributed by atoms with Gasteiger partial charge in [0.2, 0.25) is 5.95 Å². The van der Waals surface area contributed by atoms with E-state index in [0.717, 1.165) is 27.2 Å². The molecule has 0 aliphatic carbocycles. The first-order valence-corrected chi connectivity index (χ1v) is 6.38. The van der Waals surface area contributed by atoms with Crippen LogP contribution < -0.4 is 10.5 Å². The van der Waals surface area contributed by atoms with E-state index in [4.69, 9.17) is 10.5 Å². The molecule has 4 nitrogen and oxygen atoms in total. The van der Waals surface area contributed by atoms with E-state index < -0.39 is 0 Å². The summed E-state index contributed by atoms with van der Waals surface area (Å²) in [6.45, 7) is 4.08. The summed E-state index contributed by atoms with van der Waals surface area (Å²) in [5.74, 6) is 1.30. The zero-order valence-corrected chi connectivity index (χ0v) is 12.5. The Labute approximate surface area is 115 Å². The van der Waals surface area contributed by atoms with E-state index in [1.54, 1.807) is 11.7 Å². The molecule has 0 atom stereocenters. The Morgan fingerprint density at radius 2 is 2.00 bits per heavy atom. The minimum atomic E-state index is 0.470. The van der Waals surface area contributed by atoms with E-state index in [0.29, 0.717) is 5.95 Å². The van der Waals surface area contributed by atoms with E-state index in [2.05, 4.69) is 40.0 Å². The van der Waals surface area contributed by atoms with Crippen molar-refractivity contribution in [3.05, 3.63) is 27.9 Å². The van der Waals surface area contributed by atoms with Gasteiger partial charge in [-0.15, -0.1) is 0 Å². The van der Waals surface area contributed by atoms with E-state index in [9.17, 15) is 0 Å². The number of nitrogens with zero attached hydrogens (tertiary/aromatic N) is 2. The third-order valence-electron chi connectivity index (χ3n) is 2.94. The van der Waals surface area contributed by atoms with Crippen molar-refractivity contribution in [3.8, 4) is 17.0 Å². The Morgan fingerprint density at radius 1 is 1.33 bits per heavy atom. The third-order valence-corrected chi connectivity index (χ3v) is 3.85. The summed E-state index contributed by atoms with van der Waals surface area (Å²) < 4.78 is 8.13. The van der Waals surface area contributed by atoms with Crippen molar-refractivity contribution in [3.63, 3.8) is 0 Å². The SMILES string of the molecule is COc1c(C)cc(C)cc1-c1nc(N)n(C)c1Br. The molecule has 2 aromatic rings. The highest BCUT2D eigenvalue weighted by molar-refractivity contribution is 9.10. The summed E-state index contributed by atoms with van der Waals surface area (Å²) in [7, 11) is 3.53. The molecule has 0 radical (unpaired) electrons. The fourth-order valence-corrected chi connectivity index (χ4v) is 2.55. The summed E-state index contributed by atoms with van der Waals surface area (Å²) >= 11 is 3.52. The van der Waals surface area contributed by atoms with E-state index in [1.807, 2.05) is 14.0 Å². The molecule has 2 N–H and O–H groups in total. The van der Waals surface area contributed by atoms with Crippen molar-refractivity contribution in [1.29, 1.82) is 0 Å². The first kappa shape index (κ1) is 13.0. The molecule has 96 valence electrons. The molecule has 0 spiro atoms. The minimum Gasteiger partial charge on any atom is -0.496 e. The quantitative estimate of drug-likeness (QED) is 0.927. The molecular formula is C13H16BrN3O. The molecule has 1 aromatic heterocycles. The van der Waals surface area contributed by atoms with Crippen LogP contribution in [0.5, 0.6) is 5.75 Å². The van der Waals surface area contributed by atoms with Gasteiger partial charge in [-0.25, -0.2) is 4.98 Å². The van der Waals surface area contributed by atoms with Gasteiger partial charge in [-0.1, -0.05) is 6.07 Å². The molecule has 0 saturated carbocycles. The fourth-order valence-electron chi connectivity index (χ4n) is 2.07. The van der Waals surface area contributed by atoms with Crippen molar-refractivity contribution >= 4 is 21.9 Å². The number of ether oxygens (including phenoxy) is 1. The molecule has 0 unspecified atom stereocenters. The van der Waals surface area contributed by atoms with Crippen molar-refractivity contribution < 1.29 is 4.74 Å². The van der Waals surface area contributed by atoms with Crippen molar-refractivity contribution in [2.24, 2.45) is 7.05 Å². The number of rotatable bonds is 2. The maximum absolute atomic E-state index is 5.83. The average molecular weight is 310 g/mol. The van der Waals surface area contributed by atoms with Crippen molar-refractivity contribution in [2.75, 3.05) is 12.8 Å². The number of nitrogen functional groups attached to an aromatic ring is 1. The number of aromatic nitrogens is 2. The molecule has 0 bridgehead atoms. The van der Waals surface area contributed by atoms with Gasteiger partial charge in [0.25, 0.3) is 0 Å². The molecule has 0 aliphatic heterocycles. The summed E-state index contributed by atoms with van der Waals surface area (Å²) in [4.78, 5) is 4.38. The van der Waals surface area contributed by atoms with Crippen LogP contribution in [0.15, 0.2) is 16.7 Å². The molecule has 0 amide bonds. The van der Waals surface area contributed by atoms with Crippen molar-refractivity contribution in [2.45, 2.75) is 13.8 Å². The predicted octanol–water partition coefficient (Wildman–Crippen LogP) is 3.06. The second-order valence-electron chi connectivity index (χ2n) is 4.33. The second-order valence-corrected chi connectivity index (χ2v) is 5.08. The first-order chi connectivity index (χ1) is 8.45. The number of aryl methyl sites for hydroxylation is 2. The van der Waals surface area contributed by atoms with Gasteiger partial charge < -0.3 is 15.0 Å². The lowest BCUT2D eigenvalue weighted by Gasteiger charge is -2.11. The van der Waals surface area contributed by atoms with Crippen LogP contribution >= 0.6 is 15.9 Å². The average Bonchev–Trinajstić information content (AvgIpc) is 2.56. The largest absolute Gasteiger partial charge is 0.496 e. The van der Waals surface area contributed by atoms with Crippen LogP contribution in [0.4, 0.5) is 5.95 Å². The van der Waals surface area contributed by atoms with Crippen LogP contribution in [-0.2, 0) is 7.05 Å².